The van der Waals surface area contributed by atoms with E-state index < -0.39 is 11.6 Å². The lowest BCUT2D eigenvalue weighted by Gasteiger charge is -2.11. The Hall–Kier alpha value is -1.53. The van der Waals surface area contributed by atoms with Gasteiger partial charge >= 0.3 is 0 Å². The molecule has 0 spiro atoms. The molecule has 1 unspecified atom stereocenters. The maximum absolute atomic E-state index is 13.3. The van der Waals surface area contributed by atoms with Crippen molar-refractivity contribution in [3.63, 3.8) is 0 Å². The highest BCUT2D eigenvalue weighted by Crippen LogP contribution is 2.17. The summed E-state index contributed by atoms with van der Waals surface area (Å²) in [5.74, 6) is -1.70. The Labute approximate surface area is 115 Å². The summed E-state index contributed by atoms with van der Waals surface area (Å²) in [7, 11) is 0. The van der Waals surface area contributed by atoms with Crippen LogP contribution in [0.1, 0.15) is 12.8 Å². The van der Waals surface area contributed by atoms with E-state index in [0.717, 1.165) is 38.6 Å². The van der Waals surface area contributed by atoms with E-state index in [4.69, 9.17) is 4.74 Å². The Bertz CT molecular complexity index is 593. The van der Waals surface area contributed by atoms with E-state index >= 15 is 0 Å². The van der Waals surface area contributed by atoms with Crippen LogP contribution in [0.15, 0.2) is 18.5 Å². The van der Waals surface area contributed by atoms with Gasteiger partial charge in [0.05, 0.1) is 23.5 Å². The fourth-order valence-corrected chi connectivity index (χ4v) is 2.50. The van der Waals surface area contributed by atoms with Gasteiger partial charge in [0.25, 0.3) is 0 Å². The van der Waals surface area contributed by atoms with Crippen LogP contribution in [-0.2, 0) is 11.3 Å². The Morgan fingerprint density at radius 3 is 3.00 bits per heavy atom. The average molecular weight is 281 g/mol. The normalized spacial score (nSPS) is 19.0. The average Bonchev–Trinajstić information content (AvgIpc) is 3.06. The molecule has 1 atom stereocenters. The van der Waals surface area contributed by atoms with Gasteiger partial charge in [-0.3, -0.25) is 0 Å². The van der Waals surface area contributed by atoms with E-state index in [1.165, 1.54) is 6.07 Å². The molecule has 0 radical (unpaired) electrons. The molecule has 20 heavy (non-hydrogen) atoms. The topological polar surface area (TPSA) is 39.1 Å². The Balaban J connectivity index is 1.58. The van der Waals surface area contributed by atoms with Crippen LogP contribution in [0.25, 0.3) is 11.0 Å². The van der Waals surface area contributed by atoms with E-state index in [0.29, 0.717) is 23.7 Å². The van der Waals surface area contributed by atoms with Crippen LogP contribution in [-0.4, -0.2) is 35.4 Å². The smallest absolute Gasteiger partial charge is 0.161 e. The van der Waals surface area contributed by atoms with Crippen LogP contribution in [0.2, 0.25) is 0 Å². The number of ether oxygens (including phenoxy) is 1. The summed E-state index contributed by atoms with van der Waals surface area (Å²) in [6.45, 7) is 3.08. The lowest BCUT2D eigenvalue weighted by atomic mass is 10.2. The van der Waals surface area contributed by atoms with Crippen molar-refractivity contribution in [3.8, 4) is 0 Å². The van der Waals surface area contributed by atoms with E-state index in [2.05, 4.69) is 10.3 Å². The molecule has 6 heteroatoms. The lowest BCUT2D eigenvalue weighted by molar-refractivity contribution is 0.110. The van der Waals surface area contributed by atoms with Gasteiger partial charge in [0.2, 0.25) is 0 Å². The van der Waals surface area contributed by atoms with Gasteiger partial charge in [-0.15, -0.1) is 0 Å². The molecule has 2 aromatic rings. The summed E-state index contributed by atoms with van der Waals surface area (Å²) >= 11 is 0. The first kappa shape index (κ1) is 13.5. The molecule has 4 nitrogen and oxygen atoms in total. The maximum atomic E-state index is 13.3. The molecular weight excluding hydrogens is 264 g/mol. The first-order valence-corrected chi connectivity index (χ1v) is 6.86. The van der Waals surface area contributed by atoms with Gasteiger partial charge in [-0.1, -0.05) is 0 Å². The number of hydrogen-bond donors (Lipinski definition) is 1. The second-order valence-corrected chi connectivity index (χ2v) is 5.03. The summed E-state index contributed by atoms with van der Waals surface area (Å²) in [6.07, 6.45) is 4.15. The first-order chi connectivity index (χ1) is 9.74. The standard InChI is InChI=1S/C14H17F2N3O/c15-11-6-13-14(7-12(11)16)19(9-18-13)4-3-17-8-10-2-1-5-20-10/h6-7,9-10,17H,1-5,8H2. The fraction of sp³-hybridized carbons (Fsp3) is 0.500. The van der Waals surface area contributed by atoms with Crippen molar-refractivity contribution < 1.29 is 13.5 Å². The molecule has 0 saturated carbocycles. The number of nitrogens with one attached hydrogen (secondary N) is 1. The number of fused-ring (bicyclic) bond motifs is 1. The number of hydrogen-bond acceptors (Lipinski definition) is 3. The molecule has 3 rings (SSSR count). The third-order valence-corrected chi connectivity index (χ3v) is 3.59. The molecule has 108 valence electrons. The van der Waals surface area contributed by atoms with Gasteiger partial charge in [0.1, 0.15) is 0 Å². The Kier molecular flexibility index (Phi) is 3.93. The van der Waals surface area contributed by atoms with Gasteiger partial charge in [-0.25, -0.2) is 13.8 Å². The second-order valence-electron chi connectivity index (χ2n) is 5.03. The van der Waals surface area contributed by atoms with Gasteiger partial charge in [0.15, 0.2) is 11.6 Å². The predicted molar refractivity (Wildman–Crippen MR) is 71.5 cm³/mol. The number of imidazole rings is 1. The molecule has 1 fully saturated rings. The van der Waals surface area contributed by atoms with Crippen LogP contribution in [0.4, 0.5) is 8.78 Å². The molecule has 1 aliphatic rings. The van der Waals surface area contributed by atoms with Crippen molar-refractivity contribution in [2.24, 2.45) is 0 Å². The minimum atomic E-state index is -0.862. The maximum Gasteiger partial charge on any atom is 0.161 e. The highest BCUT2D eigenvalue weighted by Gasteiger charge is 2.14. The summed E-state index contributed by atoms with van der Waals surface area (Å²) < 4.78 is 33.7. The second kappa shape index (κ2) is 5.85. The van der Waals surface area contributed by atoms with Crippen molar-refractivity contribution in [1.82, 2.24) is 14.9 Å². The highest BCUT2D eigenvalue weighted by molar-refractivity contribution is 5.75. The van der Waals surface area contributed by atoms with Crippen molar-refractivity contribution in [3.05, 3.63) is 30.1 Å². The molecule has 1 saturated heterocycles. The van der Waals surface area contributed by atoms with E-state index in [1.54, 1.807) is 6.33 Å². The molecular formula is C14H17F2N3O. The van der Waals surface area contributed by atoms with Crippen LogP contribution in [0.3, 0.4) is 0 Å². The summed E-state index contributed by atoms with van der Waals surface area (Å²) in [5, 5.41) is 3.31. The number of halogens is 2. The van der Waals surface area contributed by atoms with Crippen molar-refractivity contribution in [1.29, 1.82) is 0 Å². The van der Waals surface area contributed by atoms with Crippen molar-refractivity contribution >= 4 is 11.0 Å². The molecule has 0 amide bonds. The summed E-state index contributed by atoms with van der Waals surface area (Å²) in [4.78, 5) is 4.08. The van der Waals surface area contributed by atoms with Crippen molar-refractivity contribution in [2.45, 2.75) is 25.5 Å². The van der Waals surface area contributed by atoms with Crippen molar-refractivity contribution in [2.75, 3.05) is 19.7 Å². The molecule has 0 aliphatic carbocycles. The summed E-state index contributed by atoms with van der Waals surface area (Å²) in [5.41, 5.74) is 1.09. The zero-order valence-electron chi connectivity index (χ0n) is 11.1. The van der Waals surface area contributed by atoms with E-state index in [9.17, 15) is 8.78 Å². The minimum absolute atomic E-state index is 0.307. The van der Waals surface area contributed by atoms with Gasteiger partial charge in [0, 0.05) is 38.4 Å². The summed E-state index contributed by atoms with van der Waals surface area (Å²) in [6, 6.07) is 2.32. The monoisotopic (exact) mass is 281 g/mol. The third kappa shape index (κ3) is 2.81. The van der Waals surface area contributed by atoms with E-state index in [-0.39, 0.29) is 0 Å². The molecule has 1 aromatic heterocycles. The molecule has 2 heterocycles. The Morgan fingerprint density at radius 1 is 1.35 bits per heavy atom. The molecule has 1 aromatic carbocycles. The quantitative estimate of drug-likeness (QED) is 0.853. The number of aromatic nitrogens is 2. The number of nitrogens with zero attached hydrogens (tertiary/aromatic N) is 2. The first-order valence-electron chi connectivity index (χ1n) is 6.86. The highest BCUT2D eigenvalue weighted by atomic mass is 19.2. The zero-order chi connectivity index (χ0) is 13.9. The largest absolute Gasteiger partial charge is 0.377 e. The SMILES string of the molecule is Fc1cc2ncn(CCNCC3CCCO3)c2cc1F. The van der Waals surface area contributed by atoms with Gasteiger partial charge in [-0.2, -0.15) is 0 Å². The minimum Gasteiger partial charge on any atom is -0.377 e. The van der Waals surface area contributed by atoms with Crippen LogP contribution in [0.5, 0.6) is 0 Å². The Morgan fingerprint density at radius 2 is 2.20 bits per heavy atom. The van der Waals surface area contributed by atoms with Gasteiger partial charge < -0.3 is 14.6 Å². The molecule has 1 N–H and O–H groups in total. The predicted octanol–water partition coefficient (Wildman–Crippen LogP) is 2.08. The van der Waals surface area contributed by atoms with Crippen LogP contribution < -0.4 is 5.32 Å². The van der Waals surface area contributed by atoms with Gasteiger partial charge in [-0.05, 0) is 12.8 Å². The lowest BCUT2D eigenvalue weighted by Crippen LogP contribution is -2.28. The fourth-order valence-electron chi connectivity index (χ4n) is 2.50. The molecule has 1 aliphatic heterocycles. The number of benzene rings is 1. The van der Waals surface area contributed by atoms with Crippen LogP contribution >= 0.6 is 0 Å². The third-order valence-electron chi connectivity index (χ3n) is 3.59. The number of rotatable bonds is 5. The molecule has 0 bridgehead atoms. The zero-order valence-corrected chi connectivity index (χ0v) is 11.1. The van der Waals surface area contributed by atoms with Crippen LogP contribution in [0, 0.1) is 11.6 Å². The van der Waals surface area contributed by atoms with E-state index in [1.807, 2.05) is 4.57 Å².